The molecular weight excluding hydrogens is 264 g/mol. The SMILES string of the molecule is CC1(C(=O)N2CCN(c3ccccn3)CC2)CCCNC1. The minimum absolute atomic E-state index is 0.217. The predicted octanol–water partition coefficient (Wildman–Crippen LogP) is 1.12. The topological polar surface area (TPSA) is 48.5 Å². The summed E-state index contributed by atoms with van der Waals surface area (Å²) in [7, 11) is 0. The van der Waals surface area contributed by atoms with Crippen LogP contribution in [0.25, 0.3) is 0 Å². The van der Waals surface area contributed by atoms with Crippen molar-refractivity contribution in [2.45, 2.75) is 19.8 Å². The van der Waals surface area contributed by atoms with E-state index in [-0.39, 0.29) is 5.41 Å². The van der Waals surface area contributed by atoms with Crippen molar-refractivity contribution in [1.82, 2.24) is 15.2 Å². The zero-order valence-electron chi connectivity index (χ0n) is 12.7. The Hall–Kier alpha value is -1.62. The molecule has 2 saturated heterocycles. The third-order valence-electron chi connectivity index (χ3n) is 4.65. The van der Waals surface area contributed by atoms with E-state index in [2.05, 4.69) is 22.1 Å². The molecule has 2 aliphatic rings. The third-order valence-corrected chi connectivity index (χ3v) is 4.65. The van der Waals surface area contributed by atoms with E-state index < -0.39 is 0 Å². The molecule has 2 fully saturated rings. The van der Waals surface area contributed by atoms with Crippen molar-refractivity contribution in [2.24, 2.45) is 5.41 Å². The van der Waals surface area contributed by atoms with Crippen molar-refractivity contribution in [2.75, 3.05) is 44.2 Å². The monoisotopic (exact) mass is 288 g/mol. The molecule has 2 aliphatic heterocycles. The number of hydrogen-bond acceptors (Lipinski definition) is 4. The number of piperidine rings is 1. The van der Waals surface area contributed by atoms with E-state index in [0.29, 0.717) is 5.91 Å². The highest BCUT2D eigenvalue weighted by molar-refractivity contribution is 5.83. The van der Waals surface area contributed by atoms with Gasteiger partial charge in [-0.15, -0.1) is 0 Å². The zero-order valence-corrected chi connectivity index (χ0v) is 12.7. The van der Waals surface area contributed by atoms with Gasteiger partial charge >= 0.3 is 0 Å². The lowest BCUT2D eigenvalue weighted by Gasteiger charge is -2.41. The Bertz CT molecular complexity index is 476. The van der Waals surface area contributed by atoms with E-state index in [1.807, 2.05) is 29.3 Å². The smallest absolute Gasteiger partial charge is 0.229 e. The molecule has 1 aromatic rings. The average molecular weight is 288 g/mol. The van der Waals surface area contributed by atoms with E-state index in [0.717, 1.165) is 57.9 Å². The maximum atomic E-state index is 12.8. The first kappa shape index (κ1) is 14.3. The van der Waals surface area contributed by atoms with E-state index in [1.165, 1.54) is 0 Å². The lowest BCUT2D eigenvalue weighted by atomic mass is 9.81. The van der Waals surface area contributed by atoms with Crippen LogP contribution in [0.1, 0.15) is 19.8 Å². The lowest BCUT2D eigenvalue weighted by Crippen LogP contribution is -2.56. The highest BCUT2D eigenvalue weighted by Gasteiger charge is 2.38. The summed E-state index contributed by atoms with van der Waals surface area (Å²) in [5, 5.41) is 3.36. The Kier molecular flexibility index (Phi) is 4.10. The second kappa shape index (κ2) is 6.02. The summed E-state index contributed by atoms with van der Waals surface area (Å²) in [5.74, 6) is 1.32. The van der Waals surface area contributed by atoms with Crippen LogP contribution >= 0.6 is 0 Å². The van der Waals surface area contributed by atoms with Crippen LogP contribution in [0.2, 0.25) is 0 Å². The molecule has 3 heterocycles. The Morgan fingerprint density at radius 2 is 2.10 bits per heavy atom. The molecule has 0 radical (unpaired) electrons. The van der Waals surface area contributed by atoms with Crippen molar-refractivity contribution in [3.63, 3.8) is 0 Å². The average Bonchev–Trinajstić information content (AvgIpc) is 2.56. The van der Waals surface area contributed by atoms with Crippen molar-refractivity contribution in [1.29, 1.82) is 0 Å². The van der Waals surface area contributed by atoms with Gasteiger partial charge in [-0.1, -0.05) is 6.07 Å². The molecule has 1 unspecified atom stereocenters. The molecule has 1 amide bonds. The summed E-state index contributed by atoms with van der Waals surface area (Å²) < 4.78 is 0. The molecule has 5 heteroatoms. The molecule has 1 atom stereocenters. The van der Waals surface area contributed by atoms with Gasteiger partial charge in [-0.2, -0.15) is 0 Å². The number of rotatable bonds is 2. The van der Waals surface area contributed by atoms with Gasteiger partial charge in [0, 0.05) is 38.9 Å². The molecule has 0 aromatic carbocycles. The van der Waals surface area contributed by atoms with Crippen LogP contribution in [0, 0.1) is 5.41 Å². The molecule has 1 N–H and O–H groups in total. The number of nitrogens with one attached hydrogen (secondary N) is 1. The summed E-state index contributed by atoms with van der Waals surface area (Å²) in [4.78, 5) is 21.4. The number of hydrogen-bond donors (Lipinski definition) is 1. The number of carbonyl (C=O) groups excluding carboxylic acids is 1. The molecule has 0 bridgehead atoms. The number of nitrogens with zero attached hydrogens (tertiary/aromatic N) is 3. The Labute approximate surface area is 126 Å². The first-order chi connectivity index (χ1) is 10.2. The van der Waals surface area contributed by atoms with Gasteiger partial charge in [0.25, 0.3) is 0 Å². The van der Waals surface area contributed by atoms with Gasteiger partial charge in [0.05, 0.1) is 5.41 Å². The zero-order chi connectivity index (χ0) is 14.7. The summed E-state index contributed by atoms with van der Waals surface area (Å²) in [6, 6.07) is 5.97. The van der Waals surface area contributed by atoms with Gasteiger partial charge in [0.15, 0.2) is 0 Å². The Morgan fingerprint density at radius 1 is 1.29 bits per heavy atom. The summed E-state index contributed by atoms with van der Waals surface area (Å²) >= 11 is 0. The van der Waals surface area contributed by atoms with Crippen LogP contribution in [-0.2, 0) is 4.79 Å². The number of aromatic nitrogens is 1. The summed E-state index contributed by atoms with van der Waals surface area (Å²) in [5.41, 5.74) is -0.217. The second-order valence-corrected chi connectivity index (χ2v) is 6.31. The fourth-order valence-corrected chi connectivity index (χ4v) is 3.30. The molecule has 5 nitrogen and oxygen atoms in total. The minimum atomic E-state index is -0.217. The van der Waals surface area contributed by atoms with Gasteiger partial charge in [0.1, 0.15) is 5.82 Å². The summed E-state index contributed by atoms with van der Waals surface area (Å²) in [6.45, 7) is 7.28. The molecule has 0 aliphatic carbocycles. The number of pyridine rings is 1. The van der Waals surface area contributed by atoms with Crippen molar-refractivity contribution < 1.29 is 4.79 Å². The van der Waals surface area contributed by atoms with Crippen LogP contribution in [0.4, 0.5) is 5.82 Å². The number of carbonyl (C=O) groups is 1. The predicted molar refractivity (Wildman–Crippen MR) is 83.2 cm³/mol. The maximum absolute atomic E-state index is 12.8. The van der Waals surface area contributed by atoms with Gasteiger partial charge < -0.3 is 15.1 Å². The molecule has 0 spiro atoms. The fourth-order valence-electron chi connectivity index (χ4n) is 3.30. The van der Waals surface area contributed by atoms with Crippen LogP contribution < -0.4 is 10.2 Å². The van der Waals surface area contributed by atoms with Crippen LogP contribution in [0.3, 0.4) is 0 Å². The molecular formula is C16H24N4O. The van der Waals surface area contributed by atoms with Crippen molar-refractivity contribution >= 4 is 11.7 Å². The molecule has 0 saturated carbocycles. The van der Waals surface area contributed by atoms with E-state index in [9.17, 15) is 4.79 Å². The Balaban J connectivity index is 1.59. The summed E-state index contributed by atoms with van der Waals surface area (Å²) in [6.07, 6.45) is 3.91. The normalized spacial score (nSPS) is 26.7. The maximum Gasteiger partial charge on any atom is 0.229 e. The van der Waals surface area contributed by atoms with Gasteiger partial charge in [-0.05, 0) is 38.4 Å². The Morgan fingerprint density at radius 3 is 2.71 bits per heavy atom. The highest BCUT2D eigenvalue weighted by atomic mass is 16.2. The molecule has 114 valence electrons. The van der Waals surface area contributed by atoms with Crippen LogP contribution in [-0.4, -0.2) is 55.1 Å². The molecule has 3 rings (SSSR count). The first-order valence-corrected chi connectivity index (χ1v) is 7.85. The molecule has 1 aromatic heterocycles. The van der Waals surface area contributed by atoms with Crippen molar-refractivity contribution in [3.8, 4) is 0 Å². The lowest BCUT2D eigenvalue weighted by molar-refractivity contribution is -0.142. The van der Waals surface area contributed by atoms with Crippen LogP contribution in [0.5, 0.6) is 0 Å². The second-order valence-electron chi connectivity index (χ2n) is 6.31. The standard InChI is InChI=1S/C16H24N4O/c1-16(6-4-7-17-13-16)15(21)20-11-9-19(10-12-20)14-5-2-3-8-18-14/h2-3,5,8,17H,4,6-7,9-13H2,1H3. The highest BCUT2D eigenvalue weighted by Crippen LogP contribution is 2.28. The number of amides is 1. The fraction of sp³-hybridized carbons (Fsp3) is 0.625. The quantitative estimate of drug-likeness (QED) is 0.886. The first-order valence-electron chi connectivity index (χ1n) is 7.85. The van der Waals surface area contributed by atoms with E-state index in [1.54, 1.807) is 0 Å². The largest absolute Gasteiger partial charge is 0.353 e. The van der Waals surface area contributed by atoms with E-state index in [4.69, 9.17) is 0 Å². The minimum Gasteiger partial charge on any atom is -0.353 e. The number of piperazine rings is 1. The van der Waals surface area contributed by atoms with Gasteiger partial charge in [0.2, 0.25) is 5.91 Å². The third kappa shape index (κ3) is 3.02. The number of anilines is 1. The van der Waals surface area contributed by atoms with Crippen LogP contribution in [0.15, 0.2) is 24.4 Å². The van der Waals surface area contributed by atoms with E-state index >= 15 is 0 Å². The molecule has 21 heavy (non-hydrogen) atoms. The van der Waals surface area contributed by atoms with Gasteiger partial charge in [-0.25, -0.2) is 4.98 Å². The van der Waals surface area contributed by atoms with Gasteiger partial charge in [-0.3, -0.25) is 4.79 Å². The van der Waals surface area contributed by atoms with Crippen molar-refractivity contribution in [3.05, 3.63) is 24.4 Å².